The maximum atomic E-state index is 14.5. The van der Waals surface area contributed by atoms with Gasteiger partial charge in [0.15, 0.2) is 0 Å². The molecule has 176 valence electrons. The maximum absolute atomic E-state index is 14.5. The third-order valence-electron chi connectivity index (χ3n) is 7.34. The highest BCUT2D eigenvalue weighted by atomic mass is 19.1. The predicted molar refractivity (Wildman–Crippen MR) is 119 cm³/mol. The molecule has 32 heavy (non-hydrogen) atoms. The van der Waals surface area contributed by atoms with Gasteiger partial charge in [0.1, 0.15) is 11.6 Å². The van der Waals surface area contributed by atoms with E-state index in [9.17, 15) is 14.0 Å². The molecule has 1 aromatic carbocycles. The Morgan fingerprint density at radius 3 is 2.75 bits per heavy atom. The Morgan fingerprint density at radius 2 is 2.12 bits per heavy atom. The minimum Gasteiger partial charge on any atom is -0.497 e. The summed E-state index contributed by atoms with van der Waals surface area (Å²) in [7, 11) is 1.55. The smallest absolute Gasteiger partial charge is 0.222 e. The van der Waals surface area contributed by atoms with E-state index in [2.05, 4.69) is 5.32 Å². The lowest BCUT2D eigenvalue weighted by Crippen LogP contribution is -2.46. The van der Waals surface area contributed by atoms with Crippen molar-refractivity contribution in [3.63, 3.8) is 0 Å². The van der Waals surface area contributed by atoms with Crippen LogP contribution in [0.3, 0.4) is 0 Å². The van der Waals surface area contributed by atoms with Crippen LogP contribution in [0.2, 0.25) is 0 Å². The minimum absolute atomic E-state index is 0.0357. The second-order valence-corrected chi connectivity index (χ2v) is 9.69. The van der Waals surface area contributed by atoms with Crippen LogP contribution in [0.4, 0.5) is 4.39 Å². The number of amides is 2. The Labute approximate surface area is 189 Å². The first-order valence-corrected chi connectivity index (χ1v) is 12.0. The summed E-state index contributed by atoms with van der Waals surface area (Å²) in [5.41, 5.74) is -0.101. The normalized spacial score (nSPS) is 25.4. The molecular formula is C25H35FN2O4. The summed E-state index contributed by atoms with van der Waals surface area (Å²) in [6.45, 7) is 2.22. The Balaban J connectivity index is 1.43. The van der Waals surface area contributed by atoms with Gasteiger partial charge in [0.25, 0.3) is 0 Å². The molecular weight excluding hydrogens is 411 g/mol. The van der Waals surface area contributed by atoms with Gasteiger partial charge in [0, 0.05) is 38.1 Å². The van der Waals surface area contributed by atoms with E-state index in [-0.39, 0.29) is 23.7 Å². The van der Waals surface area contributed by atoms with Crippen molar-refractivity contribution in [3.05, 3.63) is 29.6 Å². The average molecular weight is 447 g/mol. The van der Waals surface area contributed by atoms with Crippen molar-refractivity contribution >= 4 is 11.8 Å². The Kier molecular flexibility index (Phi) is 7.33. The fourth-order valence-corrected chi connectivity index (χ4v) is 5.16. The quantitative estimate of drug-likeness (QED) is 0.596. The molecule has 2 amide bonds. The first-order valence-electron chi connectivity index (χ1n) is 12.0. The van der Waals surface area contributed by atoms with Gasteiger partial charge in [-0.25, -0.2) is 4.39 Å². The summed E-state index contributed by atoms with van der Waals surface area (Å²) in [5, 5.41) is 3.07. The molecule has 1 N–H and O–H groups in total. The first kappa shape index (κ1) is 23.0. The molecule has 7 heteroatoms. The van der Waals surface area contributed by atoms with Crippen LogP contribution in [-0.2, 0) is 20.7 Å². The van der Waals surface area contributed by atoms with Crippen molar-refractivity contribution in [1.82, 2.24) is 10.2 Å². The van der Waals surface area contributed by atoms with Crippen molar-refractivity contribution < 1.29 is 23.5 Å². The highest BCUT2D eigenvalue weighted by Crippen LogP contribution is 2.33. The molecule has 0 radical (unpaired) electrons. The van der Waals surface area contributed by atoms with Gasteiger partial charge in [-0.3, -0.25) is 9.59 Å². The zero-order chi connectivity index (χ0) is 22.6. The standard InChI is InChI=1S/C25H35FN2O4/c1-31-20-7-8-22(26)19(14-20)15-25(11-9-23(29)27-25)12-10-24(30)28(16-18-4-2-5-18)17-21-6-3-13-32-21/h7-8,14,18,21H,2-6,9-13,15-17H2,1H3,(H,27,29)/t21-,25+/m1/s1. The number of halogens is 1. The van der Waals surface area contributed by atoms with Crippen LogP contribution in [0.1, 0.15) is 63.4 Å². The van der Waals surface area contributed by atoms with Crippen LogP contribution in [0, 0.1) is 11.7 Å². The van der Waals surface area contributed by atoms with Crippen molar-refractivity contribution in [3.8, 4) is 5.75 Å². The molecule has 4 rings (SSSR count). The minimum atomic E-state index is -0.605. The molecule has 3 aliphatic rings. The second-order valence-electron chi connectivity index (χ2n) is 9.69. The fraction of sp³-hybridized carbons (Fsp3) is 0.680. The van der Waals surface area contributed by atoms with Crippen molar-refractivity contribution in [1.29, 1.82) is 0 Å². The Hall–Kier alpha value is -2.15. The Morgan fingerprint density at radius 1 is 1.28 bits per heavy atom. The molecule has 3 fully saturated rings. The monoisotopic (exact) mass is 446 g/mol. The highest BCUT2D eigenvalue weighted by Gasteiger charge is 2.39. The van der Waals surface area contributed by atoms with E-state index in [0.717, 1.165) is 26.0 Å². The summed E-state index contributed by atoms with van der Waals surface area (Å²) < 4.78 is 25.5. The highest BCUT2D eigenvalue weighted by molar-refractivity contribution is 5.80. The van der Waals surface area contributed by atoms with E-state index in [1.54, 1.807) is 19.2 Å². The van der Waals surface area contributed by atoms with Gasteiger partial charge < -0.3 is 19.7 Å². The lowest BCUT2D eigenvalue weighted by Gasteiger charge is -2.35. The zero-order valence-electron chi connectivity index (χ0n) is 19.0. The molecule has 2 atom stereocenters. The van der Waals surface area contributed by atoms with Crippen molar-refractivity contribution in [2.45, 2.75) is 75.9 Å². The van der Waals surface area contributed by atoms with Gasteiger partial charge in [-0.1, -0.05) is 6.42 Å². The van der Waals surface area contributed by atoms with E-state index in [1.165, 1.54) is 25.3 Å². The average Bonchev–Trinajstić information content (AvgIpc) is 3.39. The van der Waals surface area contributed by atoms with E-state index < -0.39 is 5.54 Å². The van der Waals surface area contributed by atoms with Gasteiger partial charge in [0.05, 0.1) is 13.2 Å². The third kappa shape index (κ3) is 5.61. The lowest BCUT2D eigenvalue weighted by atomic mass is 9.83. The lowest BCUT2D eigenvalue weighted by molar-refractivity contribution is -0.134. The summed E-state index contributed by atoms with van der Waals surface area (Å²) in [6.07, 6.45) is 8.00. The molecule has 2 aliphatic heterocycles. The molecule has 1 aliphatic carbocycles. The van der Waals surface area contributed by atoms with Gasteiger partial charge in [-0.05, 0) is 74.6 Å². The SMILES string of the molecule is COc1ccc(F)c(C[C@@]2(CCC(=O)N(CC3CCC3)C[C@H]3CCCO3)CCC(=O)N2)c1. The fourth-order valence-electron chi connectivity index (χ4n) is 5.16. The summed E-state index contributed by atoms with van der Waals surface area (Å²) in [5.74, 6) is 0.930. The number of nitrogens with zero attached hydrogens (tertiary/aromatic N) is 1. The number of hydrogen-bond donors (Lipinski definition) is 1. The molecule has 1 saturated carbocycles. The summed E-state index contributed by atoms with van der Waals surface area (Å²) in [6, 6.07) is 4.67. The largest absolute Gasteiger partial charge is 0.497 e. The molecule has 0 bridgehead atoms. The van der Waals surface area contributed by atoms with Gasteiger partial charge in [0.2, 0.25) is 11.8 Å². The Bertz CT molecular complexity index is 822. The van der Waals surface area contributed by atoms with Crippen LogP contribution < -0.4 is 10.1 Å². The number of ether oxygens (including phenoxy) is 2. The number of methoxy groups -OCH3 is 1. The van der Waals surface area contributed by atoms with E-state index in [0.29, 0.717) is 55.9 Å². The molecule has 0 spiro atoms. The molecule has 1 aromatic rings. The summed E-state index contributed by atoms with van der Waals surface area (Å²) in [4.78, 5) is 27.4. The van der Waals surface area contributed by atoms with Gasteiger partial charge in [-0.2, -0.15) is 0 Å². The molecule has 6 nitrogen and oxygen atoms in total. The van der Waals surface area contributed by atoms with Crippen LogP contribution in [-0.4, -0.2) is 55.2 Å². The second kappa shape index (κ2) is 10.2. The van der Waals surface area contributed by atoms with E-state index in [1.807, 2.05) is 4.90 Å². The van der Waals surface area contributed by atoms with Gasteiger partial charge in [-0.15, -0.1) is 0 Å². The predicted octanol–water partition coefficient (Wildman–Crippen LogP) is 3.61. The topological polar surface area (TPSA) is 67.9 Å². The number of benzene rings is 1. The van der Waals surface area contributed by atoms with Gasteiger partial charge >= 0.3 is 0 Å². The molecule has 2 saturated heterocycles. The van der Waals surface area contributed by atoms with Crippen LogP contribution in [0.25, 0.3) is 0 Å². The first-order chi connectivity index (χ1) is 15.5. The van der Waals surface area contributed by atoms with Crippen LogP contribution >= 0.6 is 0 Å². The van der Waals surface area contributed by atoms with Crippen LogP contribution in [0.5, 0.6) is 5.75 Å². The number of carbonyl (C=O) groups excluding carboxylic acids is 2. The number of nitrogens with one attached hydrogen (secondary N) is 1. The summed E-state index contributed by atoms with van der Waals surface area (Å²) >= 11 is 0. The van der Waals surface area contributed by atoms with E-state index >= 15 is 0 Å². The zero-order valence-corrected chi connectivity index (χ0v) is 19.0. The van der Waals surface area contributed by atoms with E-state index in [4.69, 9.17) is 9.47 Å². The maximum Gasteiger partial charge on any atom is 0.222 e. The van der Waals surface area contributed by atoms with Crippen LogP contribution in [0.15, 0.2) is 18.2 Å². The third-order valence-corrected chi connectivity index (χ3v) is 7.34. The number of carbonyl (C=O) groups is 2. The van der Waals surface area contributed by atoms with Crippen molar-refractivity contribution in [2.75, 3.05) is 26.8 Å². The molecule has 0 aromatic heterocycles. The number of rotatable bonds is 10. The molecule has 2 heterocycles. The molecule has 0 unspecified atom stereocenters. The van der Waals surface area contributed by atoms with Crippen molar-refractivity contribution in [2.24, 2.45) is 5.92 Å². The number of hydrogen-bond acceptors (Lipinski definition) is 4.